The van der Waals surface area contributed by atoms with E-state index in [1.54, 1.807) is 0 Å². The molecule has 0 N–H and O–H groups in total. The first kappa shape index (κ1) is 33.4. The largest absolute Gasteiger partial charge is 0.310 e. The zero-order chi connectivity index (χ0) is 38.2. The van der Waals surface area contributed by atoms with Crippen molar-refractivity contribution in [3.05, 3.63) is 235 Å². The van der Waals surface area contributed by atoms with Crippen LogP contribution in [0.5, 0.6) is 0 Å². The van der Waals surface area contributed by atoms with Crippen molar-refractivity contribution in [3.63, 3.8) is 0 Å². The Hall–Kier alpha value is -6.78. The Morgan fingerprint density at radius 2 is 0.862 bits per heavy atom. The first-order valence-corrected chi connectivity index (χ1v) is 21.5. The molecule has 0 saturated carbocycles. The van der Waals surface area contributed by atoms with Crippen LogP contribution in [0.3, 0.4) is 0 Å². The highest BCUT2D eigenvalue weighted by Gasteiger charge is 2.46. The van der Waals surface area contributed by atoms with Crippen LogP contribution in [0.15, 0.2) is 212 Å². The number of thiophene rings is 2. The Morgan fingerprint density at radius 3 is 1.64 bits per heavy atom. The van der Waals surface area contributed by atoms with Crippen molar-refractivity contribution in [2.75, 3.05) is 4.90 Å². The molecule has 2 aromatic heterocycles. The second kappa shape index (κ2) is 13.1. The predicted molar refractivity (Wildman–Crippen MR) is 250 cm³/mol. The summed E-state index contributed by atoms with van der Waals surface area (Å²) >= 11 is 3.73. The molecule has 1 nitrogen and oxygen atoms in total. The van der Waals surface area contributed by atoms with Gasteiger partial charge in [-0.2, -0.15) is 0 Å². The molecule has 0 aliphatic heterocycles. The van der Waals surface area contributed by atoms with Crippen molar-refractivity contribution in [1.29, 1.82) is 0 Å². The molecule has 12 rings (SSSR count). The smallest absolute Gasteiger partial charge is 0.0713 e. The molecule has 58 heavy (non-hydrogen) atoms. The number of benzene rings is 9. The van der Waals surface area contributed by atoms with Crippen LogP contribution in [0, 0.1) is 0 Å². The molecule has 0 saturated heterocycles. The van der Waals surface area contributed by atoms with Crippen molar-refractivity contribution in [1.82, 2.24) is 0 Å². The second-order valence-electron chi connectivity index (χ2n) is 15.2. The summed E-state index contributed by atoms with van der Waals surface area (Å²) in [5.74, 6) is 0. The number of hydrogen-bond donors (Lipinski definition) is 0. The summed E-state index contributed by atoms with van der Waals surface area (Å²) in [6, 6.07) is 78.8. The number of fused-ring (bicyclic) bond motifs is 9. The summed E-state index contributed by atoms with van der Waals surface area (Å²) in [7, 11) is 0. The van der Waals surface area contributed by atoms with Gasteiger partial charge < -0.3 is 4.90 Å². The Labute approximate surface area is 345 Å². The Balaban J connectivity index is 1.07. The zero-order valence-electron chi connectivity index (χ0n) is 31.5. The van der Waals surface area contributed by atoms with Crippen molar-refractivity contribution in [2.45, 2.75) is 5.41 Å². The topological polar surface area (TPSA) is 3.24 Å². The fourth-order valence-corrected chi connectivity index (χ4v) is 11.9. The van der Waals surface area contributed by atoms with Crippen molar-refractivity contribution >= 4 is 80.1 Å². The van der Waals surface area contributed by atoms with Gasteiger partial charge in [0.1, 0.15) is 0 Å². The molecule has 0 spiro atoms. The van der Waals surface area contributed by atoms with Crippen LogP contribution in [0.25, 0.3) is 62.6 Å². The number of nitrogens with zero attached hydrogens (tertiary/aromatic N) is 1. The third kappa shape index (κ3) is 4.94. The van der Waals surface area contributed by atoms with Crippen molar-refractivity contribution in [2.24, 2.45) is 0 Å². The zero-order valence-corrected chi connectivity index (χ0v) is 33.1. The van der Waals surface area contributed by atoms with Gasteiger partial charge in [-0.1, -0.05) is 152 Å². The van der Waals surface area contributed by atoms with Gasteiger partial charge in [0.15, 0.2) is 0 Å². The van der Waals surface area contributed by atoms with E-state index in [-0.39, 0.29) is 0 Å². The van der Waals surface area contributed by atoms with Crippen molar-refractivity contribution < 1.29 is 0 Å². The third-order valence-corrected chi connectivity index (χ3v) is 14.4. The number of hydrogen-bond acceptors (Lipinski definition) is 3. The highest BCUT2D eigenvalue weighted by Crippen LogP contribution is 2.57. The van der Waals surface area contributed by atoms with E-state index in [0.29, 0.717) is 0 Å². The van der Waals surface area contributed by atoms with E-state index in [1.807, 2.05) is 22.7 Å². The molecule has 0 fully saturated rings. The number of anilines is 3. The van der Waals surface area contributed by atoms with Crippen LogP contribution in [0.1, 0.15) is 22.3 Å². The highest BCUT2D eigenvalue weighted by molar-refractivity contribution is 7.26. The first-order chi connectivity index (χ1) is 28.8. The molecule has 0 radical (unpaired) electrons. The molecule has 0 bridgehead atoms. The molecule has 0 amide bonds. The van der Waals surface area contributed by atoms with Gasteiger partial charge in [0.25, 0.3) is 0 Å². The SMILES string of the molecule is c1ccc(C2(c3ccccc3)c3ccccc3-c3cc(N(c4ccc(-c5cccc6sc7ccccc7c56)cc4)c4ccc5sc6ccccc6c5c4)ccc32)cc1. The van der Waals surface area contributed by atoms with Gasteiger partial charge in [-0.25, -0.2) is 0 Å². The summed E-state index contributed by atoms with van der Waals surface area (Å²) in [5.41, 5.74) is 13.1. The summed E-state index contributed by atoms with van der Waals surface area (Å²) in [6.45, 7) is 0. The minimum Gasteiger partial charge on any atom is -0.310 e. The Bertz CT molecular complexity index is 3300. The van der Waals surface area contributed by atoms with E-state index in [1.165, 1.54) is 84.9 Å². The Morgan fingerprint density at radius 1 is 0.328 bits per heavy atom. The lowest BCUT2D eigenvalue weighted by Crippen LogP contribution is -2.28. The van der Waals surface area contributed by atoms with Gasteiger partial charge in [-0.05, 0) is 105 Å². The second-order valence-corrected chi connectivity index (χ2v) is 17.4. The maximum atomic E-state index is 2.45. The van der Waals surface area contributed by atoms with Crippen LogP contribution in [-0.4, -0.2) is 0 Å². The van der Waals surface area contributed by atoms with Crippen LogP contribution in [0.2, 0.25) is 0 Å². The minimum atomic E-state index is -0.444. The third-order valence-electron chi connectivity index (χ3n) is 12.2. The summed E-state index contributed by atoms with van der Waals surface area (Å²) < 4.78 is 5.26. The van der Waals surface area contributed by atoms with E-state index in [4.69, 9.17) is 0 Å². The quantitative estimate of drug-likeness (QED) is 0.163. The molecule has 0 unspecified atom stereocenters. The van der Waals surface area contributed by atoms with Gasteiger partial charge in [-0.3, -0.25) is 0 Å². The van der Waals surface area contributed by atoms with Gasteiger partial charge in [0, 0.05) is 57.4 Å². The molecule has 3 heteroatoms. The van der Waals surface area contributed by atoms with Crippen LogP contribution >= 0.6 is 22.7 Å². The Kier molecular flexibility index (Phi) is 7.56. The van der Waals surface area contributed by atoms with E-state index < -0.39 is 5.41 Å². The van der Waals surface area contributed by atoms with Crippen LogP contribution in [-0.2, 0) is 5.41 Å². The monoisotopic (exact) mass is 773 g/mol. The number of rotatable bonds is 6. The first-order valence-electron chi connectivity index (χ1n) is 19.8. The molecule has 0 atom stereocenters. The molecule has 1 aliphatic rings. The van der Waals surface area contributed by atoms with E-state index in [9.17, 15) is 0 Å². The maximum absolute atomic E-state index is 2.45. The normalized spacial score (nSPS) is 13.0. The molecule has 272 valence electrons. The average molecular weight is 774 g/mol. The summed E-state index contributed by atoms with van der Waals surface area (Å²) in [6.07, 6.45) is 0. The molecular weight excluding hydrogens is 739 g/mol. The average Bonchev–Trinajstić information content (AvgIpc) is 3.96. The standard InChI is InChI=1S/C55H35NS2/c1-3-14-37(15-4-1)55(38-16-5-2-6-17-38)48-22-10-7-18-43(48)46-34-40(30-32-49(46)55)56(41-31-33-52-47(35-41)44-19-8-11-23-50(44)57-52)39-28-26-36(27-29-39)42-21-13-25-53-54(42)45-20-9-12-24-51(45)58-53/h1-35H. The lowest BCUT2D eigenvalue weighted by molar-refractivity contribution is 0.768. The highest BCUT2D eigenvalue weighted by atomic mass is 32.1. The van der Waals surface area contributed by atoms with Crippen LogP contribution in [0.4, 0.5) is 17.1 Å². The fourth-order valence-electron chi connectivity index (χ4n) is 9.68. The lowest BCUT2D eigenvalue weighted by Gasteiger charge is -2.34. The molecule has 9 aromatic carbocycles. The molecule has 1 aliphatic carbocycles. The van der Waals surface area contributed by atoms with Gasteiger partial charge >= 0.3 is 0 Å². The van der Waals surface area contributed by atoms with Crippen molar-refractivity contribution in [3.8, 4) is 22.3 Å². The maximum Gasteiger partial charge on any atom is 0.0713 e. The minimum absolute atomic E-state index is 0.444. The van der Waals surface area contributed by atoms with Gasteiger partial charge in [0.05, 0.1) is 5.41 Å². The van der Waals surface area contributed by atoms with E-state index in [2.05, 4.69) is 217 Å². The summed E-state index contributed by atoms with van der Waals surface area (Å²) in [4.78, 5) is 2.45. The fraction of sp³-hybridized carbons (Fsp3) is 0.0182. The molecular formula is C55H35NS2. The molecule has 11 aromatic rings. The van der Waals surface area contributed by atoms with E-state index >= 15 is 0 Å². The van der Waals surface area contributed by atoms with Crippen LogP contribution < -0.4 is 4.90 Å². The predicted octanol–water partition coefficient (Wildman–Crippen LogP) is 15.9. The molecule has 2 heterocycles. The van der Waals surface area contributed by atoms with E-state index in [0.717, 1.165) is 17.1 Å². The van der Waals surface area contributed by atoms with Gasteiger partial charge in [-0.15, -0.1) is 22.7 Å². The van der Waals surface area contributed by atoms with Gasteiger partial charge in [0.2, 0.25) is 0 Å². The lowest BCUT2D eigenvalue weighted by atomic mass is 9.68. The summed E-state index contributed by atoms with van der Waals surface area (Å²) in [5, 5.41) is 5.24.